The molecule has 1 N–H and O–H groups in total. The van der Waals surface area contributed by atoms with E-state index < -0.39 is 23.3 Å². The maximum Gasteiger partial charge on any atom is 0.134 e. The first-order valence-electron chi connectivity index (χ1n) is 12.4. The minimum Gasteiger partial charge on any atom is -1.00 e. The van der Waals surface area contributed by atoms with Crippen molar-refractivity contribution in [3.8, 4) is 0 Å². The molecule has 0 unspecified atom stereocenters. The lowest BCUT2D eigenvalue weighted by Crippen LogP contribution is -3.00. The quantitative estimate of drug-likeness (QED) is 0.328. The number of rotatable bonds is 8. The van der Waals surface area contributed by atoms with Gasteiger partial charge in [-0.15, -0.1) is 0 Å². The van der Waals surface area contributed by atoms with Crippen LogP contribution in [0.25, 0.3) is 0 Å². The predicted octanol–water partition coefficient (Wildman–Crippen LogP) is 3.32. The highest BCUT2D eigenvalue weighted by atomic mass is 79.9. The van der Waals surface area contributed by atoms with Crippen molar-refractivity contribution in [1.29, 1.82) is 0 Å². The number of quaternary nitrogens is 1. The monoisotopic (exact) mass is 562 g/mol. The lowest BCUT2D eigenvalue weighted by Gasteiger charge is -2.44. The molecule has 0 bridgehead atoms. The van der Waals surface area contributed by atoms with Gasteiger partial charge in [-0.3, -0.25) is 0 Å². The van der Waals surface area contributed by atoms with Gasteiger partial charge in [0.1, 0.15) is 36.4 Å². The summed E-state index contributed by atoms with van der Waals surface area (Å²) in [6.45, 7) is 3.15. The molecular weight excluding hydrogens is 532 g/mol. The molecule has 1 saturated carbocycles. The molecule has 0 radical (unpaired) electrons. The Morgan fingerprint density at radius 2 is 1.31 bits per heavy atom. The van der Waals surface area contributed by atoms with Crippen LogP contribution in [-0.2, 0) is 13.1 Å². The minimum atomic E-state index is -0.610. The summed E-state index contributed by atoms with van der Waals surface area (Å²) in [5.74, 6) is -1.30. The highest BCUT2D eigenvalue weighted by molar-refractivity contribution is 5.27. The van der Waals surface area contributed by atoms with Gasteiger partial charge in [-0.1, -0.05) is 30.3 Å². The molecule has 5 rings (SSSR count). The average molecular weight is 563 g/mol. The Hall–Kier alpha value is -2.22. The van der Waals surface area contributed by atoms with Gasteiger partial charge in [0.15, 0.2) is 0 Å². The number of halogens is 5. The first-order chi connectivity index (χ1) is 16.9. The average Bonchev–Trinajstić information content (AvgIpc) is 3.63. The van der Waals surface area contributed by atoms with Gasteiger partial charge in [0, 0.05) is 48.1 Å². The largest absolute Gasteiger partial charge is 1.00 e. The number of hydrogen-bond donors (Lipinski definition) is 1. The van der Waals surface area contributed by atoms with Crippen LogP contribution in [0.2, 0.25) is 0 Å². The fourth-order valence-corrected chi connectivity index (χ4v) is 5.58. The van der Waals surface area contributed by atoms with Crippen LogP contribution in [0.1, 0.15) is 41.9 Å². The van der Waals surface area contributed by atoms with E-state index in [0.29, 0.717) is 46.6 Å². The van der Waals surface area contributed by atoms with E-state index in [1.807, 2.05) is 6.07 Å². The molecule has 1 aliphatic heterocycles. The smallest absolute Gasteiger partial charge is 0.134 e. The van der Waals surface area contributed by atoms with Crippen molar-refractivity contribution < 1.29 is 39.0 Å². The predicted molar refractivity (Wildman–Crippen MR) is 128 cm³/mol. The molecule has 1 saturated heterocycles. The zero-order valence-electron chi connectivity index (χ0n) is 20.1. The molecule has 0 spiro atoms. The van der Waals surface area contributed by atoms with Gasteiger partial charge in [-0.05, 0) is 48.7 Å². The Bertz CT molecular complexity index is 1110. The third-order valence-corrected chi connectivity index (χ3v) is 7.75. The first kappa shape index (κ1) is 26.8. The van der Waals surface area contributed by atoms with Gasteiger partial charge in [0.25, 0.3) is 0 Å². The number of likely N-dealkylation sites (tertiary alicyclic amines) is 1. The van der Waals surface area contributed by atoms with E-state index in [1.165, 1.54) is 29.8 Å². The van der Waals surface area contributed by atoms with E-state index in [1.54, 1.807) is 0 Å². The van der Waals surface area contributed by atoms with Gasteiger partial charge in [-0.25, -0.2) is 17.6 Å². The maximum atomic E-state index is 14.5. The number of nitrogens with zero attached hydrogens (tertiary/aromatic N) is 1. The Labute approximate surface area is 220 Å². The van der Waals surface area contributed by atoms with Gasteiger partial charge >= 0.3 is 0 Å². The summed E-state index contributed by atoms with van der Waals surface area (Å²) in [5, 5.41) is 3.72. The minimum absolute atomic E-state index is 0. The van der Waals surface area contributed by atoms with Crippen LogP contribution in [0, 0.1) is 29.2 Å². The molecule has 7 heteroatoms. The third-order valence-electron chi connectivity index (χ3n) is 7.75. The Morgan fingerprint density at radius 1 is 0.750 bits per heavy atom. The highest BCUT2D eigenvalue weighted by Gasteiger charge is 2.40. The van der Waals surface area contributed by atoms with Gasteiger partial charge in [0.2, 0.25) is 0 Å². The van der Waals surface area contributed by atoms with Crippen LogP contribution >= 0.6 is 0 Å². The Kier molecular flexibility index (Phi) is 8.53. The summed E-state index contributed by atoms with van der Waals surface area (Å²) in [6, 6.07) is 18.4. The van der Waals surface area contributed by atoms with Crippen LogP contribution in [0.5, 0.6) is 0 Å². The lowest BCUT2D eigenvalue weighted by molar-refractivity contribution is -0.958. The molecule has 3 aromatic carbocycles. The van der Waals surface area contributed by atoms with Crippen molar-refractivity contribution in [2.75, 3.05) is 19.6 Å². The molecule has 2 fully saturated rings. The van der Waals surface area contributed by atoms with Crippen molar-refractivity contribution in [3.63, 3.8) is 0 Å². The molecule has 2 atom stereocenters. The molecule has 192 valence electrons. The van der Waals surface area contributed by atoms with Crippen LogP contribution in [0.15, 0.2) is 66.7 Å². The van der Waals surface area contributed by atoms with Crippen molar-refractivity contribution in [1.82, 2.24) is 5.32 Å². The molecule has 36 heavy (non-hydrogen) atoms. The van der Waals surface area contributed by atoms with Crippen molar-refractivity contribution >= 4 is 0 Å². The van der Waals surface area contributed by atoms with E-state index in [2.05, 4.69) is 29.6 Å². The molecule has 2 aliphatic rings. The maximum absolute atomic E-state index is 14.5. The number of nitrogens with one attached hydrogen (secondary N) is 1. The molecular formula is C29H31BrF4N2. The first-order valence-corrected chi connectivity index (χ1v) is 12.4. The summed E-state index contributed by atoms with van der Waals surface area (Å²) in [6.07, 6.45) is 3.02. The van der Waals surface area contributed by atoms with Crippen LogP contribution in [0.3, 0.4) is 0 Å². The fourth-order valence-electron chi connectivity index (χ4n) is 5.58. The number of hydrogen-bond acceptors (Lipinski definition) is 1. The molecule has 2 nitrogen and oxygen atoms in total. The topological polar surface area (TPSA) is 12.0 Å². The second kappa shape index (κ2) is 11.4. The molecule has 1 aliphatic carbocycles. The van der Waals surface area contributed by atoms with Crippen molar-refractivity contribution in [2.24, 2.45) is 5.92 Å². The van der Waals surface area contributed by atoms with Crippen LogP contribution in [0.4, 0.5) is 17.6 Å². The fraction of sp³-hybridized carbons (Fsp3) is 0.379. The van der Waals surface area contributed by atoms with E-state index in [0.717, 1.165) is 51.0 Å². The highest BCUT2D eigenvalue weighted by Crippen LogP contribution is 2.41. The van der Waals surface area contributed by atoms with Gasteiger partial charge in [-0.2, -0.15) is 0 Å². The van der Waals surface area contributed by atoms with E-state index in [9.17, 15) is 17.6 Å². The van der Waals surface area contributed by atoms with Gasteiger partial charge < -0.3 is 26.8 Å². The zero-order valence-corrected chi connectivity index (χ0v) is 21.7. The Balaban J connectivity index is 0.00000304. The second-order valence-corrected chi connectivity index (χ2v) is 10.3. The summed E-state index contributed by atoms with van der Waals surface area (Å²) >= 11 is 0. The molecule has 1 heterocycles. The van der Waals surface area contributed by atoms with Gasteiger partial charge in [0.05, 0.1) is 13.1 Å². The summed E-state index contributed by atoms with van der Waals surface area (Å²) in [5.41, 5.74) is 2.23. The molecule has 3 aromatic rings. The third kappa shape index (κ3) is 6.36. The van der Waals surface area contributed by atoms with Crippen LogP contribution in [-0.4, -0.2) is 30.2 Å². The summed E-state index contributed by atoms with van der Waals surface area (Å²) in [7, 11) is 0. The van der Waals surface area contributed by atoms with Crippen LogP contribution < -0.4 is 22.3 Å². The summed E-state index contributed by atoms with van der Waals surface area (Å²) in [4.78, 5) is 0. The van der Waals surface area contributed by atoms with Crippen molar-refractivity contribution in [3.05, 3.63) is 107 Å². The normalized spacial score (nSPS) is 21.1. The second-order valence-electron chi connectivity index (χ2n) is 10.3. The van der Waals surface area contributed by atoms with E-state index in [-0.39, 0.29) is 17.0 Å². The Morgan fingerprint density at radius 3 is 1.83 bits per heavy atom. The summed E-state index contributed by atoms with van der Waals surface area (Å²) < 4.78 is 56.5. The molecule has 0 aromatic heterocycles. The number of benzene rings is 3. The lowest BCUT2D eigenvalue weighted by atomic mass is 9.93. The zero-order chi connectivity index (χ0) is 24.4. The standard InChI is InChI=1S/C29H31F4N2.BrH/c30-24-8-6-22(27(32)14-24)18-35(19-23-7-9-25(31)15-28(23)33)12-10-20(11-13-35)17-34-29-16-26(29)21-4-2-1-3-5-21;/h1-9,14-15,20,26,29,34H,10-13,16-19H2;1H/q+1;/p-1/t26-,29+;/m0./s1. The molecule has 0 amide bonds. The van der Waals surface area contributed by atoms with Crippen molar-refractivity contribution in [2.45, 2.75) is 44.3 Å². The number of piperidine rings is 1. The van der Waals surface area contributed by atoms with E-state index >= 15 is 0 Å². The SMILES string of the molecule is Fc1ccc(C[N+]2(Cc3ccc(F)cc3F)CCC(CN[C@@H]3C[C@H]3c3ccccc3)CC2)c(F)c1.[Br-]. The van der Waals surface area contributed by atoms with E-state index in [4.69, 9.17) is 0 Å².